The van der Waals surface area contributed by atoms with Crippen LogP contribution in [0.1, 0.15) is 27.7 Å². The zero-order valence-electron chi connectivity index (χ0n) is 8.31. The van der Waals surface area contributed by atoms with E-state index < -0.39 is 0 Å². The summed E-state index contributed by atoms with van der Waals surface area (Å²) in [5.41, 5.74) is 9.31. The van der Waals surface area contributed by atoms with Gasteiger partial charge in [-0.1, -0.05) is 32.9 Å². The topological polar surface area (TPSA) is 26.0 Å². The van der Waals surface area contributed by atoms with E-state index in [1.54, 1.807) is 0 Å². The Morgan fingerprint density at radius 1 is 1.25 bits per heavy atom. The van der Waals surface area contributed by atoms with Crippen molar-refractivity contribution in [3.05, 3.63) is 35.1 Å². The van der Waals surface area contributed by atoms with Crippen LogP contribution in [0.15, 0.2) is 35.1 Å². The first-order valence-electron chi connectivity index (χ1n) is 4.28. The van der Waals surface area contributed by atoms with Gasteiger partial charge in [0, 0.05) is 5.70 Å². The van der Waals surface area contributed by atoms with Crippen molar-refractivity contribution in [2.75, 3.05) is 0 Å². The van der Waals surface area contributed by atoms with Gasteiger partial charge < -0.3 is 5.73 Å². The van der Waals surface area contributed by atoms with Crippen molar-refractivity contribution in [3.63, 3.8) is 0 Å². The Balaban J connectivity index is 2.97. The van der Waals surface area contributed by atoms with Crippen molar-refractivity contribution in [3.8, 4) is 0 Å². The van der Waals surface area contributed by atoms with Crippen LogP contribution >= 0.6 is 0 Å². The Bertz CT molecular complexity index is 268. The molecule has 0 aliphatic heterocycles. The summed E-state index contributed by atoms with van der Waals surface area (Å²) in [6, 6.07) is 0. The molecule has 66 valence electrons. The molecule has 1 nitrogen and oxygen atoms in total. The molecule has 0 spiro atoms. The molecule has 0 unspecified atom stereocenters. The van der Waals surface area contributed by atoms with Crippen LogP contribution < -0.4 is 5.73 Å². The van der Waals surface area contributed by atoms with E-state index in [9.17, 15) is 0 Å². The molecule has 1 aliphatic rings. The molecule has 0 saturated heterocycles. The number of nitrogens with two attached hydrogens (primary N) is 1. The van der Waals surface area contributed by atoms with Crippen LogP contribution in [-0.4, -0.2) is 0 Å². The molecule has 1 aliphatic carbocycles. The van der Waals surface area contributed by atoms with Crippen LogP contribution in [0.25, 0.3) is 0 Å². The largest absolute Gasteiger partial charge is 0.402 e. The van der Waals surface area contributed by atoms with E-state index in [0.29, 0.717) is 0 Å². The third-order valence-corrected chi connectivity index (χ3v) is 2.07. The molecule has 12 heavy (non-hydrogen) atoms. The van der Waals surface area contributed by atoms with E-state index in [-0.39, 0.29) is 5.41 Å². The lowest BCUT2D eigenvalue weighted by molar-refractivity contribution is 0.518. The third kappa shape index (κ3) is 1.79. The Hall–Kier alpha value is -0.980. The van der Waals surface area contributed by atoms with Crippen molar-refractivity contribution >= 4 is 0 Å². The highest BCUT2D eigenvalue weighted by Crippen LogP contribution is 2.31. The van der Waals surface area contributed by atoms with Crippen LogP contribution in [-0.2, 0) is 0 Å². The summed E-state index contributed by atoms with van der Waals surface area (Å²) < 4.78 is 0. The summed E-state index contributed by atoms with van der Waals surface area (Å²) in [5.74, 6) is 0. The van der Waals surface area contributed by atoms with E-state index in [4.69, 9.17) is 5.73 Å². The van der Waals surface area contributed by atoms with Gasteiger partial charge in [0.1, 0.15) is 0 Å². The third-order valence-electron chi connectivity index (χ3n) is 2.07. The van der Waals surface area contributed by atoms with Crippen molar-refractivity contribution in [2.45, 2.75) is 27.7 Å². The van der Waals surface area contributed by atoms with Crippen molar-refractivity contribution < 1.29 is 0 Å². The zero-order chi connectivity index (χ0) is 9.35. The summed E-state index contributed by atoms with van der Waals surface area (Å²) in [6.45, 7) is 8.55. The molecule has 0 amide bonds. The maximum absolute atomic E-state index is 5.69. The van der Waals surface area contributed by atoms with Gasteiger partial charge in [-0.2, -0.15) is 0 Å². The second kappa shape index (κ2) is 2.81. The molecule has 2 N–H and O–H groups in total. The van der Waals surface area contributed by atoms with Gasteiger partial charge >= 0.3 is 0 Å². The van der Waals surface area contributed by atoms with Crippen LogP contribution in [0.3, 0.4) is 0 Å². The van der Waals surface area contributed by atoms with Gasteiger partial charge in [-0.3, -0.25) is 0 Å². The minimum Gasteiger partial charge on any atom is -0.402 e. The summed E-state index contributed by atoms with van der Waals surface area (Å²) in [6.07, 6.45) is 6.39. The monoisotopic (exact) mass is 163 g/mol. The minimum atomic E-state index is 0.230. The van der Waals surface area contributed by atoms with Crippen LogP contribution in [0.5, 0.6) is 0 Å². The van der Waals surface area contributed by atoms with Crippen LogP contribution in [0, 0.1) is 5.41 Å². The van der Waals surface area contributed by atoms with Gasteiger partial charge in [0.05, 0.1) is 0 Å². The molecule has 1 heteroatoms. The van der Waals surface area contributed by atoms with Gasteiger partial charge in [-0.15, -0.1) is 0 Å². The maximum Gasteiger partial charge on any atom is 0.0123 e. The highest BCUT2D eigenvalue weighted by Gasteiger charge is 2.17. The average Bonchev–Trinajstić information content (AvgIpc) is 2.30. The SMILES string of the molecule is C/C(N)=C1/C=CC(C(C)(C)C)=C1. The number of rotatable bonds is 0. The van der Waals surface area contributed by atoms with E-state index in [0.717, 1.165) is 11.3 Å². The lowest BCUT2D eigenvalue weighted by Gasteiger charge is -2.18. The summed E-state index contributed by atoms with van der Waals surface area (Å²) in [4.78, 5) is 0. The first-order valence-corrected chi connectivity index (χ1v) is 4.28. The van der Waals surface area contributed by atoms with Gasteiger partial charge in [0.2, 0.25) is 0 Å². The van der Waals surface area contributed by atoms with E-state index in [2.05, 4.69) is 39.0 Å². The molecule has 0 fully saturated rings. The maximum atomic E-state index is 5.69. The van der Waals surface area contributed by atoms with Gasteiger partial charge in [-0.25, -0.2) is 0 Å². The highest BCUT2D eigenvalue weighted by molar-refractivity contribution is 5.49. The molecule has 0 saturated carbocycles. The molecule has 0 atom stereocenters. The normalized spacial score (nSPS) is 21.2. The average molecular weight is 163 g/mol. The number of allylic oxidation sites excluding steroid dienone is 6. The van der Waals surface area contributed by atoms with Gasteiger partial charge in [0.15, 0.2) is 0 Å². The second-order valence-electron chi connectivity index (χ2n) is 4.32. The van der Waals surface area contributed by atoms with Gasteiger partial charge in [-0.05, 0) is 29.6 Å². The minimum absolute atomic E-state index is 0.230. The van der Waals surface area contributed by atoms with Crippen molar-refractivity contribution in [1.82, 2.24) is 0 Å². The first-order chi connectivity index (χ1) is 5.41. The molecule has 0 bridgehead atoms. The van der Waals surface area contributed by atoms with E-state index >= 15 is 0 Å². The Kier molecular flexibility index (Phi) is 2.14. The molecular formula is C11H17N. The van der Waals surface area contributed by atoms with Crippen molar-refractivity contribution in [2.24, 2.45) is 11.1 Å². The van der Waals surface area contributed by atoms with Crippen molar-refractivity contribution in [1.29, 1.82) is 0 Å². The molecule has 1 rings (SSSR count). The zero-order valence-corrected chi connectivity index (χ0v) is 8.31. The number of hydrogen-bond donors (Lipinski definition) is 1. The standard InChI is InChI=1S/C11H17N/c1-8(12)9-5-6-10(7-9)11(2,3)4/h5-7H,12H2,1-4H3/b9-8+. The molecule has 0 heterocycles. The van der Waals surface area contributed by atoms with Gasteiger partial charge in [0.25, 0.3) is 0 Å². The molecule has 0 aromatic heterocycles. The summed E-state index contributed by atoms with van der Waals surface area (Å²) >= 11 is 0. The highest BCUT2D eigenvalue weighted by atomic mass is 14.6. The first kappa shape index (κ1) is 9.11. The summed E-state index contributed by atoms with van der Waals surface area (Å²) in [7, 11) is 0. The summed E-state index contributed by atoms with van der Waals surface area (Å²) in [5, 5.41) is 0. The number of hydrogen-bond acceptors (Lipinski definition) is 1. The fourth-order valence-corrected chi connectivity index (χ4v) is 1.16. The van der Waals surface area contributed by atoms with E-state index in [1.165, 1.54) is 5.57 Å². The molecule has 0 radical (unpaired) electrons. The lowest BCUT2D eigenvalue weighted by Crippen LogP contribution is -2.06. The second-order valence-corrected chi connectivity index (χ2v) is 4.32. The predicted octanol–water partition coefficient (Wildman–Crippen LogP) is 2.76. The smallest absolute Gasteiger partial charge is 0.0123 e. The predicted molar refractivity (Wildman–Crippen MR) is 53.6 cm³/mol. The fraction of sp³-hybridized carbons (Fsp3) is 0.455. The van der Waals surface area contributed by atoms with Crippen LogP contribution in [0.2, 0.25) is 0 Å². The Morgan fingerprint density at radius 2 is 1.83 bits per heavy atom. The van der Waals surface area contributed by atoms with Crippen LogP contribution in [0.4, 0.5) is 0 Å². The van der Waals surface area contributed by atoms with E-state index in [1.807, 2.05) is 6.92 Å². The lowest BCUT2D eigenvalue weighted by atomic mass is 9.87. The fourth-order valence-electron chi connectivity index (χ4n) is 1.16. The Labute approximate surface area is 74.7 Å². The molecular weight excluding hydrogens is 146 g/mol. The Morgan fingerprint density at radius 3 is 2.08 bits per heavy atom. The molecule has 0 aromatic carbocycles. The molecule has 0 aromatic rings. The quantitative estimate of drug-likeness (QED) is 0.584.